The fourth-order valence-electron chi connectivity index (χ4n) is 1.54. The Labute approximate surface area is 92.3 Å². The number of halogens is 1. The molecule has 0 aliphatic carbocycles. The van der Waals surface area contributed by atoms with Crippen LogP contribution in [0.25, 0.3) is 0 Å². The zero-order valence-corrected chi connectivity index (χ0v) is 8.85. The first-order valence-corrected chi connectivity index (χ1v) is 4.89. The Morgan fingerprint density at radius 2 is 2.19 bits per heavy atom. The standard InChI is InChI=1S/C11H12FN3O/c1-11(13,10-14-7-16-15-10)6-8-4-2-3-5-9(8)12/h2-5,7H,6,13H2,1H3. The zero-order chi connectivity index (χ0) is 11.6. The van der Waals surface area contributed by atoms with Crippen molar-refractivity contribution in [1.29, 1.82) is 0 Å². The van der Waals surface area contributed by atoms with Crippen LogP contribution in [0.15, 0.2) is 35.2 Å². The molecule has 0 radical (unpaired) electrons. The summed E-state index contributed by atoms with van der Waals surface area (Å²) in [4.78, 5) is 3.89. The minimum Gasteiger partial charge on any atom is -0.343 e. The van der Waals surface area contributed by atoms with E-state index in [0.717, 1.165) is 0 Å². The molecule has 0 saturated heterocycles. The van der Waals surface area contributed by atoms with Crippen LogP contribution >= 0.6 is 0 Å². The van der Waals surface area contributed by atoms with Crippen molar-refractivity contribution in [1.82, 2.24) is 10.1 Å². The average molecular weight is 221 g/mol. The number of benzene rings is 1. The van der Waals surface area contributed by atoms with Gasteiger partial charge in [-0.05, 0) is 18.6 Å². The molecule has 4 nitrogen and oxygen atoms in total. The molecule has 1 aromatic carbocycles. The highest BCUT2D eigenvalue weighted by molar-refractivity contribution is 5.21. The summed E-state index contributed by atoms with van der Waals surface area (Å²) in [6.45, 7) is 1.74. The van der Waals surface area contributed by atoms with E-state index in [4.69, 9.17) is 5.73 Å². The molecule has 0 aliphatic rings. The Morgan fingerprint density at radius 1 is 1.44 bits per heavy atom. The lowest BCUT2D eigenvalue weighted by Gasteiger charge is -2.20. The fourth-order valence-corrected chi connectivity index (χ4v) is 1.54. The highest BCUT2D eigenvalue weighted by Gasteiger charge is 2.27. The van der Waals surface area contributed by atoms with Crippen LogP contribution < -0.4 is 5.73 Å². The number of aromatic nitrogens is 2. The van der Waals surface area contributed by atoms with Gasteiger partial charge in [0.1, 0.15) is 5.82 Å². The highest BCUT2D eigenvalue weighted by atomic mass is 19.1. The molecule has 0 saturated carbocycles. The third-order valence-corrected chi connectivity index (χ3v) is 2.39. The van der Waals surface area contributed by atoms with Crippen LogP contribution in [-0.4, -0.2) is 10.1 Å². The van der Waals surface area contributed by atoms with Crippen molar-refractivity contribution < 1.29 is 8.91 Å². The second-order valence-corrected chi connectivity index (χ2v) is 3.94. The van der Waals surface area contributed by atoms with Gasteiger partial charge < -0.3 is 10.3 Å². The van der Waals surface area contributed by atoms with Crippen LogP contribution in [0.2, 0.25) is 0 Å². The van der Waals surface area contributed by atoms with Gasteiger partial charge in [0.25, 0.3) is 0 Å². The molecule has 2 aromatic rings. The molecular formula is C11H12FN3O. The topological polar surface area (TPSA) is 64.9 Å². The molecule has 0 aliphatic heterocycles. The van der Waals surface area contributed by atoms with E-state index in [0.29, 0.717) is 17.8 Å². The van der Waals surface area contributed by atoms with Gasteiger partial charge in [0, 0.05) is 6.42 Å². The average Bonchev–Trinajstić information content (AvgIpc) is 2.75. The minimum atomic E-state index is -0.838. The normalized spacial score (nSPS) is 14.7. The number of nitrogens with two attached hydrogens (primary N) is 1. The Balaban J connectivity index is 2.25. The first-order chi connectivity index (χ1) is 7.59. The van der Waals surface area contributed by atoms with Gasteiger partial charge in [-0.1, -0.05) is 23.4 Å². The van der Waals surface area contributed by atoms with Crippen molar-refractivity contribution in [2.45, 2.75) is 18.9 Å². The summed E-state index contributed by atoms with van der Waals surface area (Å²) in [5.74, 6) is 0.0958. The maximum Gasteiger partial charge on any atom is 0.213 e. The van der Waals surface area contributed by atoms with Crippen molar-refractivity contribution >= 4 is 0 Å². The monoisotopic (exact) mass is 221 g/mol. The molecule has 1 unspecified atom stereocenters. The summed E-state index contributed by atoms with van der Waals surface area (Å²) in [6.07, 6.45) is 1.53. The lowest BCUT2D eigenvalue weighted by molar-refractivity contribution is 0.374. The number of nitrogens with zero attached hydrogens (tertiary/aromatic N) is 2. The van der Waals surface area contributed by atoms with Crippen molar-refractivity contribution in [3.63, 3.8) is 0 Å². The van der Waals surface area contributed by atoms with Crippen molar-refractivity contribution in [3.8, 4) is 0 Å². The fraction of sp³-hybridized carbons (Fsp3) is 0.273. The summed E-state index contributed by atoms with van der Waals surface area (Å²) >= 11 is 0. The zero-order valence-electron chi connectivity index (χ0n) is 8.85. The molecule has 1 heterocycles. The first kappa shape index (κ1) is 10.8. The molecular weight excluding hydrogens is 209 g/mol. The second-order valence-electron chi connectivity index (χ2n) is 3.94. The van der Waals surface area contributed by atoms with E-state index in [9.17, 15) is 4.39 Å². The minimum absolute atomic E-state index is 0.275. The van der Waals surface area contributed by atoms with E-state index in [1.807, 2.05) is 0 Å². The molecule has 2 N–H and O–H groups in total. The number of hydrogen-bond acceptors (Lipinski definition) is 4. The Hall–Kier alpha value is -1.75. The maximum absolute atomic E-state index is 13.4. The smallest absolute Gasteiger partial charge is 0.213 e. The molecule has 1 aromatic heterocycles. The second kappa shape index (κ2) is 4.02. The summed E-state index contributed by atoms with van der Waals surface area (Å²) in [5.41, 5.74) is 5.73. The lowest BCUT2D eigenvalue weighted by Crippen LogP contribution is -2.37. The van der Waals surface area contributed by atoms with Gasteiger partial charge in [-0.15, -0.1) is 0 Å². The summed E-state index contributed by atoms with van der Waals surface area (Å²) in [6, 6.07) is 6.51. The quantitative estimate of drug-likeness (QED) is 0.855. The summed E-state index contributed by atoms with van der Waals surface area (Å²) in [5, 5.41) is 3.68. The largest absolute Gasteiger partial charge is 0.343 e. The molecule has 16 heavy (non-hydrogen) atoms. The van der Waals surface area contributed by atoms with Gasteiger partial charge in [0.05, 0.1) is 5.54 Å². The van der Waals surface area contributed by atoms with Gasteiger partial charge in [0.2, 0.25) is 6.39 Å². The SMILES string of the molecule is CC(N)(Cc1ccccc1F)c1ncon1. The van der Waals surface area contributed by atoms with E-state index in [1.54, 1.807) is 25.1 Å². The van der Waals surface area contributed by atoms with Crippen molar-refractivity contribution in [3.05, 3.63) is 47.9 Å². The Morgan fingerprint density at radius 3 is 2.81 bits per heavy atom. The highest BCUT2D eigenvalue weighted by Crippen LogP contribution is 2.20. The molecule has 0 bridgehead atoms. The Kier molecular flexibility index (Phi) is 2.70. The molecule has 0 amide bonds. The molecule has 5 heteroatoms. The molecule has 2 rings (SSSR count). The number of hydrogen-bond donors (Lipinski definition) is 1. The van der Waals surface area contributed by atoms with Crippen LogP contribution in [0.4, 0.5) is 4.39 Å². The van der Waals surface area contributed by atoms with E-state index in [1.165, 1.54) is 12.5 Å². The Bertz CT molecular complexity index is 468. The molecule has 0 spiro atoms. The third kappa shape index (κ3) is 2.09. The van der Waals surface area contributed by atoms with Crippen molar-refractivity contribution in [2.24, 2.45) is 5.73 Å². The van der Waals surface area contributed by atoms with Gasteiger partial charge in [0.15, 0.2) is 5.82 Å². The van der Waals surface area contributed by atoms with Crippen LogP contribution in [0.1, 0.15) is 18.3 Å². The molecule has 1 atom stereocenters. The predicted octanol–water partition coefficient (Wildman–Crippen LogP) is 1.63. The first-order valence-electron chi connectivity index (χ1n) is 4.89. The van der Waals surface area contributed by atoms with Gasteiger partial charge in [-0.2, -0.15) is 4.98 Å². The van der Waals surface area contributed by atoms with Crippen LogP contribution in [-0.2, 0) is 12.0 Å². The van der Waals surface area contributed by atoms with Gasteiger partial charge in [-0.3, -0.25) is 0 Å². The van der Waals surface area contributed by atoms with Crippen LogP contribution in [0, 0.1) is 5.82 Å². The van der Waals surface area contributed by atoms with Crippen LogP contribution in [0.3, 0.4) is 0 Å². The lowest BCUT2D eigenvalue weighted by atomic mass is 9.93. The molecule has 84 valence electrons. The van der Waals surface area contributed by atoms with Crippen molar-refractivity contribution in [2.75, 3.05) is 0 Å². The molecule has 0 fully saturated rings. The maximum atomic E-state index is 13.4. The van der Waals surface area contributed by atoms with E-state index >= 15 is 0 Å². The van der Waals surface area contributed by atoms with E-state index in [-0.39, 0.29) is 5.82 Å². The summed E-state index contributed by atoms with van der Waals surface area (Å²) < 4.78 is 18.1. The van der Waals surface area contributed by atoms with E-state index in [2.05, 4.69) is 14.7 Å². The predicted molar refractivity (Wildman–Crippen MR) is 55.9 cm³/mol. The van der Waals surface area contributed by atoms with E-state index < -0.39 is 5.54 Å². The van der Waals surface area contributed by atoms with Crippen LogP contribution in [0.5, 0.6) is 0 Å². The number of rotatable bonds is 3. The van der Waals surface area contributed by atoms with Gasteiger partial charge in [-0.25, -0.2) is 4.39 Å². The third-order valence-electron chi connectivity index (χ3n) is 2.39. The van der Waals surface area contributed by atoms with Gasteiger partial charge >= 0.3 is 0 Å². The summed E-state index contributed by atoms with van der Waals surface area (Å²) in [7, 11) is 0.